The molecule has 1 aliphatic heterocycles. The van der Waals surface area contributed by atoms with Crippen molar-refractivity contribution in [1.82, 2.24) is 10.6 Å². The number of anilines is 1. The van der Waals surface area contributed by atoms with Crippen LogP contribution in [0.1, 0.15) is 16.9 Å². The molecule has 0 fully saturated rings. The van der Waals surface area contributed by atoms with Gasteiger partial charge in [0.25, 0.3) is 0 Å². The lowest BCUT2D eigenvalue weighted by Crippen LogP contribution is -2.36. The van der Waals surface area contributed by atoms with Gasteiger partial charge in [-0.25, -0.2) is 0 Å². The number of para-hydroxylation sites is 1. The van der Waals surface area contributed by atoms with Gasteiger partial charge in [-0.05, 0) is 30.7 Å². The standard InChI is InChI=1S/C23H26N4O/c1-17-20-7-3-4-8-21(20)28-22(17)16-26-23(24-2)25-15-18-9-11-19(12-10-18)27-13-5-6-14-27/h3-12H,13-16H2,1-2H3,(H2,24,25,26). The second-order valence-electron chi connectivity index (χ2n) is 6.97. The maximum atomic E-state index is 5.96. The second-order valence-corrected chi connectivity index (χ2v) is 6.97. The van der Waals surface area contributed by atoms with E-state index in [1.165, 1.54) is 16.8 Å². The van der Waals surface area contributed by atoms with E-state index >= 15 is 0 Å². The van der Waals surface area contributed by atoms with Crippen molar-refractivity contribution in [1.29, 1.82) is 0 Å². The van der Waals surface area contributed by atoms with Crippen molar-refractivity contribution in [2.45, 2.75) is 20.0 Å². The van der Waals surface area contributed by atoms with Crippen molar-refractivity contribution < 1.29 is 4.42 Å². The van der Waals surface area contributed by atoms with Gasteiger partial charge in [0.05, 0.1) is 6.54 Å². The van der Waals surface area contributed by atoms with Crippen LogP contribution < -0.4 is 15.5 Å². The number of guanidine groups is 1. The van der Waals surface area contributed by atoms with Crippen molar-refractivity contribution in [3.8, 4) is 0 Å². The highest BCUT2D eigenvalue weighted by Crippen LogP contribution is 2.24. The van der Waals surface area contributed by atoms with E-state index in [1.54, 1.807) is 7.05 Å². The zero-order valence-electron chi connectivity index (χ0n) is 16.4. The lowest BCUT2D eigenvalue weighted by atomic mass is 10.1. The first-order valence-corrected chi connectivity index (χ1v) is 9.65. The first-order chi connectivity index (χ1) is 13.7. The highest BCUT2D eigenvalue weighted by molar-refractivity contribution is 5.83. The quantitative estimate of drug-likeness (QED) is 0.403. The van der Waals surface area contributed by atoms with Gasteiger partial charge in [0.15, 0.2) is 5.96 Å². The molecule has 2 heterocycles. The number of rotatable bonds is 5. The van der Waals surface area contributed by atoms with Crippen LogP contribution in [0.2, 0.25) is 0 Å². The van der Waals surface area contributed by atoms with Crippen LogP contribution in [0.15, 0.2) is 70.1 Å². The fraction of sp³-hybridized carbons (Fsp3) is 0.261. The summed E-state index contributed by atoms with van der Waals surface area (Å²) in [6.07, 6.45) is 4.41. The highest BCUT2D eigenvalue weighted by atomic mass is 16.3. The largest absolute Gasteiger partial charge is 0.459 e. The molecule has 0 saturated carbocycles. The summed E-state index contributed by atoms with van der Waals surface area (Å²) in [4.78, 5) is 6.66. The SMILES string of the molecule is CN=C(NCc1ccc(N2CC=CC2)cc1)NCc1oc2ccccc2c1C. The van der Waals surface area contributed by atoms with E-state index in [4.69, 9.17) is 4.42 Å². The Bertz CT molecular complexity index is 993. The van der Waals surface area contributed by atoms with Crippen molar-refractivity contribution in [3.63, 3.8) is 0 Å². The molecule has 0 aliphatic carbocycles. The molecule has 5 nitrogen and oxygen atoms in total. The normalized spacial score (nSPS) is 14.1. The van der Waals surface area contributed by atoms with Crippen LogP contribution in [-0.4, -0.2) is 26.1 Å². The maximum Gasteiger partial charge on any atom is 0.191 e. The summed E-state index contributed by atoms with van der Waals surface area (Å²) < 4.78 is 5.96. The molecule has 144 valence electrons. The van der Waals surface area contributed by atoms with Crippen molar-refractivity contribution in [2.75, 3.05) is 25.0 Å². The van der Waals surface area contributed by atoms with Crippen LogP contribution in [0.3, 0.4) is 0 Å². The summed E-state index contributed by atoms with van der Waals surface area (Å²) in [7, 11) is 1.78. The minimum absolute atomic E-state index is 0.598. The molecule has 1 aromatic heterocycles. The number of hydrogen-bond acceptors (Lipinski definition) is 3. The van der Waals surface area contributed by atoms with E-state index in [1.807, 2.05) is 18.2 Å². The Hall–Kier alpha value is -3.21. The summed E-state index contributed by atoms with van der Waals surface area (Å²) in [5.41, 5.74) is 4.58. The van der Waals surface area contributed by atoms with Gasteiger partial charge in [-0.3, -0.25) is 4.99 Å². The van der Waals surface area contributed by atoms with Crippen molar-refractivity contribution in [2.24, 2.45) is 4.99 Å². The van der Waals surface area contributed by atoms with Gasteiger partial charge in [0.2, 0.25) is 0 Å². The van der Waals surface area contributed by atoms with E-state index in [0.717, 1.165) is 42.3 Å². The van der Waals surface area contributed by atoms with E-state index in [9.17, 15) is 0 Å². The van der Waals surface area contributed by atoms with Gasteiger partial charge < -0.3 is 20.0 Å². The molecule has 4 rings (SSSR count). The van der Waals surface area contributed by atoms with Gasteiger partial charge in [-0.2, -0.15) is 0 Å². The third-order valence-corrected chi connectivity index (χ3v) is 5.16. The number of benzene rings is 2. The first-order valence-electron chi connectivity index (χ1n) is 9.65. The van der Waals surface area contributed by atoms with Crippen LogP contribution in [0.4, 0.5) is 5.69 Å². The Labute approximate surface area is 165 Å². The number of furan rings is 1. The number of aliphatic imine (C=N–C) groups is 1. The molecule has 2 N–H and O–H groups in total. The third-order valence-electron chi connectivity index (χ3n) is 5.16. The molecule has 1 aliphatic rings. The number of hydrogen-bond donors (Lipinski definition) is 2. The molecule has 2 aromatic carbocycles. The highest BCUT2D eigenvalue weighted by Gasteiger charge is 2.10. The van der Waals surface area contributed by atoms with Gasteiger partial charge in [-0.15, -0.1) is 0 Å². The summed E-state index contributed by atoms with van der Waals surface area (Å²) in [6.45, 7) is 5.40. The third kappa shape index (κ3) is 3.88. The molecule has 28 heavy (non-hydrogen) atoms. The van der Waals surface area contributed by atoms with Gasteiger partial charge in [0.1, 0.15) is 11.3 Å². The fourth-order valence-electron chi connectivity index (χ4n) is 3.48. The topological polar surface area (TPSA) is 52.8 Å². The fourth-order valence-corrected chi connectivity index (χ4v) is 3.48. The zero-order valence-corrected chi connectivity index (χ0v) is 16.4. The van der Waals surface area contributed by atoms with Crippen LogP contribution >= 0.6 is 0 Å². The summed E-state index contributed by atoms with van der Waals surface area (Å²) >= 11 is 0. The van der Waals surface area contributed by atoms with E-state index < -0.39 is 0 Å². The molecule has 5 heteroatoms. The molecular formula is C23H26N4O. The molecule has 0 spiro atoms. The zero-order chi connectivity index (χ0) is 19.3. The Balaban J connectivity index is 1.32. The van der Waals surface area contributed by atoms with Gasteiger partial charge in [0, 0.05) is 43.3 Å². The Kier molecular flexibility index (Phi) is 5.33. The minimum Gasteiger partial charge on any atom is -0.459 e. The summed E-state index contributed by atoms with van der Waals surface area (Å²) in [5.74, 6) is 1.69. The molecule has 0 atom stereocenters. The molecule has 0 saturated heterocycles. The second kappa shape index (κ2) is 8.21. The van der Waals surface area contributed by atoms with Crippen LogP contribution in [0, 0.1) is 6.92 Å². The Morgan fingerprint density at radius 1 is 1.00 bits per heavy atom. The van der Waals surface area contributed by atoms with E-state index in [2.05, 4.69) is 69.9 Å². The smallest absolute Gasteiger partial charge is 0.191 e. The van der Waals surface area contributed by atoms with Crippen LogP contribution in [0.5, 0.6) is 0 Å². The monoisotopic (exact) mass is 374 g/mol. The number of fused-ring (bicyclic) bond motifs is 1. The van der Waals surface area contributed by atoms with Crippen LogP contribution in [-0.2, 0) is 13.1 Å². The molecule has 0 radical (unpaired) electrons. The average molecular weight is 374 g/mol. The number of nitrogens with zero attached hydrogens (tertiary/aromatic N) is 2. The molecule has 0 bridgehead atoms. The predicted octanol–water partition coefficient (Wildman–Crippen LogP) is 3.98. The van der Waals surface area contributed by atoms with Crippen molar-refractivity contribution in [3.05, 3.63) is 77.6 Å². The minimum atomic E-state index is 0.598. The van der Waals surface area contributed by atoms with Crippen LogP contribution in [0.25, 0.3) is 11.0 Å². The molecule has 3 aromatic rings. The summed E-state index contributed by atoms with van der Waals surface area (Å²) in [6, 6.07) is 16.8. The van der Waals surface area contributed by atoms with E-state index in [0.29, 0.717) is 6.54 Å². The number of aryl methyl sites for hydroxylation is 1. The van der Waals surface area contributed by atoms with E-state index in [-0.39, 0.29) is 0 Å². The maximum absolute atomic E-state index is 5.96. The molecular weight excluding hydrogens is 348 g/mol. The number of nitrogens with one attached hydrogen (secondary N) is 2. The Morgan fingerprint density at radius 3 is 2.43 bits per heavy atom. The first kappa shape index (κ1) is 18.2. The van der Waals surface area contributed by atoms with Crippen molar-refractivity contribution >= 4 is 22.6 Å². The lowest BCUT2D eigenvalue weighted by molar-refractivity contribution is 0.534. The van der Waals surface area contributed by atoms with Gasteiger partial charge >= 0.3 is 0 Å². The lowest BCUT2D eigenvalue weighted by Gasteiger charge is -2.18. The molecule has 0 unspecified atom stereocenters. The Morgan fingerprint density at radius 2 is 1.71 bits per heavy atom. The molecule has 0 amide bonds. The summed E-state index contributed by atoms with van der Waals surface area (Å²) in [5, 5.41) is 7.87. The van der Waals surface area contributed by atoms with Gasteiger partial charge in [-0.1, -0.05) is 42.5 Å². The average Bonchev–Trinajstić information content (AvgIpc) is 3.38. The predicted molar refractivity (Wildman–Crippen MR) is 116 cm³/mol.